The lowest BCUT2D eigenvalue weighted by Gasteiger charge is -2.43. The van der Waals surface area contributed by atoms with E-state index in [2.05, 4.69) is 0 Å². The molecule has 0 aromatic carbocycles. The third-order valence-electron chi connectivity index (χ3n) is 3.04. The summed E-state index contributed by atoms with van der Waals surface area (Å²) in [5, 5.41) is 1.72. The molecule has 1 aliphatic rings. The van der Waals surface area contributed by atoms with Crippen molar-refractivity contribution >= 4 is 0 Å². The monoisotopic (exact) mass is 206 g/mol. The maximum absolute atomic E-state index is 12.5. The molecule has 1 heterocycles. The Morgan fingerprint density at radius 1 is 1.36 bits per heavy atom. The topological polar surface area (TPSA) is 29.3 Å². The van der Waals surface area contributed by atoms with Crippen molar-refractivity contribution in [1.29, 1.82) is 0 Å². The Bertz CT molecular complexity index is 189. The smallest absolute Gasteiger partial charge is 0.241 e. The van der Waals surface area contributed by atoms with Crippen molar-refractivity contribution in [3.63, 3.8) is 0 Å². The van der Waals surface area contributed by atoms with Gasteiger partial charge in [-0.05, 0) is 18.3 Å². The van der Waals surface area contributed by atoms with E-state index < -0.39 is 12.3 Å². The Morgan fingerprint density at radius 2 is 1.93 bits per heavy atom. The number of nitrogens with two attached hydrogens (primary N) is 1. The van der Waals surface area contributed by atoms with E-state index in [1.54, 1.807) is 5.01 Å². The summed E-state index contributed by atoms with van der Waals surface area (Å²) in [6.07, 6.45) is -1.17. The Labute approximate surface area is 84.4 Å². The molecule has 0 aromatic heterocycles. The van der Waals surface area contributed by atoms with Gasteiger partial charge in [0.05, 0.1) is 0 Å². The first-order chi connectivity index (χ1) is 6.32. The van der Waals surface area contributed by atoms with Crippen LogP contribution in [0.4, 0.5) is 8.78 Å². The van der Waals surface area contributed by atoms with Crippen LogP contribution in [-0.2, 0) is 0 Å². The average molecular weight is 206 g/mol. The molecule has 2 atom stereocenters. The number of alkyl halides is 2. The highest BCUT2D eigenvalue weighted by atomic mass is 19.3. The van der Waals surface area contributed by atoms with E-state index in [9.17, 15) is 8.78 Å². The van der Waals surface area contributed by atoms with Gasteiger partial charge in [-0.2, -0.15) is 0 Å². The fourth-order valence-electron chi connectivity index (χ4n) is 2.09. The molecule has 1 saturated heterocycles. The molecule has 2 N–H and O–H groups in total. The lowest BCUT2D eigenvalue weighted by molar-refractivity contribution is -0.0207. The molecule has 0 aromatic rings. The zero-order chi connectivity index (χ0) is 10.9. The Kier molecular flexibility index (Phi) is 3.48. The molecule has 1 aliphatic heterocycles. The summed E-state index contributed by atoms with van der Waals surface area (Å²) in [7, 11) is 0. The maximum Gasteiger partial charge on any atom is 0.241 e. The van der Waals surface area contributed by atoms with Crippen molar-refractivity contribution in [3.05, 3.63) is 0 Å². The standard InChI is InChI=1S/C10H20F2N2/c1-10(2,3)8-6-7(9(11)12)4-5-14(8)13/h7-9H,4-6,13H2,1-3H3. The van der Waals surface area contributed by atoms with E-state index in [1.807, 2.05) is 20.8 Å². The van der Waals surface area contributed by atoms with Crippen LogP contribution >= 0.6 is 0 Å². The second-order valence-corrected chi connectivity index (χ2v) is 5.24. The lowest BCUT2D eigenvalue weighted by Crippen LogP contribution is -2.53. The second kappa shape index (κ2) is 4.11. The van der Waals surface area contributed by atoms with Crippen LogP contribution in [0.1, 0.15) is 33.6 Å². The molecule has 84 valence electrons. The third-order valence-corrected chi connectivity index (χ3v) is 3.04. The number of piperidine rings is 1. The third kappa shape index (κ3) is 2.64. The summed E-state index contributed by atoms with van der Waals surface area (Å²) in [5.41, 5.74) is -0.0255. The Balaban J connectivity index is 2.65. The first kappa shape index (κ1) is 11.9. The minimum atomic E-state index is -2.20. The SMILES string of the molecule is CC(C)(C)C1CC(C(F)F)CCN1N. The molecule has 0 aliphatic carbocycles. The molecule has 0 spiro atoms. The fraction of sp³-hybridized carbons (Fsp3) is 1.00. The average Bonchev–Trinajstić information content (AvgIpc) is 2.02. The van der Waals surface area contributed by atoms with Gasteiger partial charge in [-0.3, -0.25) is 5.84 Å². The predicted octanol–water partition coefficient (Wildman–Crippen LogP) is 2.25. The van der Waals surface area contributed by atoms with Gasteiger partial charge in [-0.15, -0.1) is 0 Å². The van der Waals surface area contributed by atoms with Crippen LogP contribution in [0, 0.1) is 11.3 Å². The van der Waals surface area contributed by atoms with Crippen LogP contribution < -0.4 is 5.84 Å². The molecule has 1 rings (SSSR count). The zero-order valence-corrected chi connectivity index (χ0v) is 9.13. The molecule has 0 bridgehead atoms. The van der Waals surface area contributed by atoms with Gasteiger partial charge in [-0.1, -0.05) is 20.8 Å². The Hall–Kier alpha value is -0.220. The minimum absolute atomic E-state index is 0.0255. The quantitative estimate of drug-likeness (QED) is 0.667. The first-order valence-electron chi connectivity index (χ1n) is 5.12. The van der Waals surface area contributed by atoms with Crippen LogP contribution in [-0.4, -0.2) is 24.0 Å². The molecule has 4 heteroatoms. The second-order valence-electron chi connectivity index (χ2n) is 5.24. The summed E-state index contributed by atoms with van der Waals surface area (Å²) >= 11 is 0. The highest BCUT2D eigenvalue weighted by Gasteiger charge is 2.37. The lowest BCUT2D eigenvalue weighted by atomic mass is 9.78. The summed E-state index contributed by atoms with van der Waals surface area (Å²) in [4.78, 5) is 0. The summed E-state index contributed by atoms with van der Waals surface area (Å²) < 4.78 is 25.1. The van der Waals surface area contributed by atoms with Crippen molar-refractivity contribution in [2.45, 2.75) is 46.1 Å². The predicted molar refractivity (Wildman–Crippen MR) is 52.9 cm³/mol. The number of hydrogen-bond donors (Lipinski definition) is 1. The first-order valence-corrected chi connectivity index (χ1v) is 5.12. The fourth-order valence-corrected chi connectivity index (χ4v) is 2.09. The highest BCUT2D eigenvalue weighted by molar-refractivity contribution is 4.87. The van der Waals surface area contributed by atoms with Crippen LogP contribution in [0.25, 0.3) is 0 Å². The molecule has 2 nitrogen and oxygen atoms in total. The van der Waals surface area contributed by atoms with Gasteiger partial charge >= 0.3 is 0 Å². The van der Waals surface area contributed by atoms with Crippen LogP contribution in [0.15, 0.2) is 0 Å². The van der Waals surface area contributed by atoms with Crippen molar-refractivity contribution in [2.75, 3.05) is 6.54 Å². The van der Waals surface area contributed by atoms with Gasteiger partial charge in [0.15, 0.2) is 0 Å². The molecular formula is C10H20F2N2. The molecule has 14 heavy (non-hydrogen) atoms. The molecule has 0 saturated carbocycles. The van der Waals surface area contributed by atoms with Crippen LogP contribution in [0.2, 0.25) is 0 Å². The van der Waals surface area contributed by atoms with E-state index >= 15 is 0 Å². The van der Waals surface area contributed by atoms with Gasteiger partial charge in [0, 0.05) is 18.5 Å². The van der Waals surface area contributed by atoms with E-state index in [1.165, 1.54) is 0 Å². The van der Waals surface area contributed by atoms with Crippen molar-refractivity contribution in [1.82, 2.24) is 5.01 Å². The van der Waals surface area contributed by atoms with Gasteiger partial charge in [0.25, 0.3) is 0 Å². The van der Waals surface area contributed by atoms with Gasteiger partial charge < -0.3 is 0 Å². The zero-order valence-electron chi connectivity index (χ0n) is 9.13. The molecular weight excluding hydrogens is 186 g/mol. The van der Waals surface area contributed by atoms with E-state index in [4.69, 9.17) is 5.84 Å². The largest absolute Gasteiger partial charge is 0.269 e. The normalized spacial score (nSPS) is 31.1. The highest BCUT2D eigenvalue weighted by Crippen LogP contribution is 2.34. The Morgan fingerprint density at radius 3 is 2.36 bits per heavy atom. The van der Waals surface area contributed by atoms with Crippen molar-refractivity contribution < 1.29 is 8.78 Å². The number of rotatable bonds is 1. The summed E-state index contributed by atoms with van der Waals surface area (Å²) in [6, 6.07) is 0.0650. The maximum atomic E-state index is 12.5. The van der Waals surface area contributed by atoms with E-state index in [-0.39, 0.29) is 11.5 Å². The van der Waals surface area contributed by atoms with Crippen molar-refractivity contribution in [3.8, 4) is 0 Å². The molecule has 1 fully saturated rings. The van der Waals surface area contributed by atoms with Gasteiger partial charge in [0.2, 0.25) is 6.43 Å². The van der Waals surface area contributed by atoms with E-state index in [0.29, 0.717) is 19.4 Å². The molecule has 0 amide bonds. The van der Waals surface area contributed by atoms with Gasteiger partial charge in [-0.25, -0.2) is 13.8 Å². The minimum Gasteiger partial charge on any atom is -0.269 e. The van der Waals surface area contributed by atoms with Crippen LogP contribution in [0.3, 0.4) is 0 Å². The van der Waals surface area contributed by atoms with Crippen LogP contribution in [0.5, 0.6) is 0 Å². The molecule has 2 unspecified atom stereocenters. The van der Waals surface area contributed by atoms with Crippen molar-refractivity contribution in [2.24, 2.45) is 17.2 Å². The molecule has 0 radical (unpaired) electrons. The van der Waals surface area contributed by atoms with Gasteiger partial charge in [0.1, 0.15) is 0 Å². The number of hydrazine groups is 1. The summed E-state index contributed by atoms with van der Waals surface area (Å²) in [5.74, 6) is 5.34. The number of halogens is 2. The number of hydrogen-bond acceptors (Lipinski definition) is 2. The number of nitrogens with zero attached hydrogens (tertiary/aromatic N) is 1. The summed E-state index contributed by atoms with van der Waals surface area (Å²) in [6.45, 7) is 6.72. The van der Waals surface area contributed by atoms with E-state index in [0.717, 1.165) is 0 Å².